The monoisotopic (exact) mass is 225 g/mol. The number of hydrogen-bond acceptors (Lipinski definition) is 3. The molecule has 1 amide bonds. The smallest absolute Gasteiger partial charge is 0.257 e. The summed E-state index contributed by atoms with van der Waals surface area (Å²) in [6.07, 6.45) is 2.99. The van der Waals surface area contributed by atoms with Crippen LogP contribution in [0.15, 0.2) is 23.0 Å². The van der Waals surface area contributed by atoms with Crippen molar-refractivity contribution in [3.8, 4) is 0 Å². The number of furan rings is 1. The maximum atomic E-state index is 12.1. The molecule has 1 aromatic heterocycles. The van der Waals surface area contributed by atoms with Gasteiger partial charge < -0.3 is 14.1 Å². The Kier molecular flexibility index (Phi) is 5.05. The molecule has 0 aliphatic rings. The van der Waals surface area contributed by atoms with E-state index >= 15 is 0 Å². The highest BCUT2D eigenvalue weighted by Crippen LogP contribution is 2.08. The van der Waals surface area contributed by atoms with Crippen molar-refractivity contribution in [2.75, 3.05) is 26.8 Å². The summed E-state index contributed by atoms with van der Waals surface area (Å²) in [5, 5.41) is 0. The zero-order valence-corrected chi connectivity index (χ0v) is 10.1. The fourth-order valence-electron chi connectivity index (χ4n) is 1.49. The number of amides is 1. The molecule has 0 atom stereocenters. The molecular formula is C12H19NO3. The van der Waals surface area contributed by atoms with Crippen molar-refractivity contribution in [1.82, 2.24) is 4.90 Å². The highest BCUT2D eigenvalue weighted by molar-refractivity contribution is 5.93. The Morgan fingerprint density at radius 3 is 2.81 bits per heavy atom. The Hall–Kier alpha value is -1.29. The zero-order valence-electron chi connectivity index (χ0n) is 10.1. The third-order valence-corrected chi connectivity index (χ3v) is 2.21. The number of hydrogen-bond donors (Lipinski definition) is 0. The number of rotatable bonds is 6. The van der Waals surface area contributed by atoms with Gasteiger partial charge in [-0.2, -0.15) is 0 Å². The molecule has 16 heavy (non-hydrogen) atoms. The molecule has 1 rings (SSSR count). The van der Waals surface area contributed by atoms with E-state index in [2.05, 4.69) is 13.8 Å². The number of carbonyl (C=O) groups is 1. The quantitative estimate of drug-likeness (QED) is 0.744. The van der Waals surface area contributed by atoms with Gasteiger partial charge in [0.05, 0.1) is 18.4 Å². The van der Waals surface area contributed by atoms with Crippen LogP contribution < -0.4 is 0 Å². The lowest BCUT2D eigenvalue weighted by Crippen LogP contribution is -2.36. The van der Waals surface area contributed by atoms with Crippen LogP contribution in [0.5, 0.6) is 0 Å². The highest BCUT2D eigenvalue weighted by Gasteiger charge is 2.17. The fraction of sp³-hybridized carbons (Fsp3) is 0.583. The van der Waals surface area contributed by atoms with Crippen LogP contribution in [0.2, 0.25) is 0 Å². The molecule has 0 saturated carbocycles. The van der Waals surface area contributed by atoms with Crippen molar-refractivity contribution in [3.63, 3.8) is 0 Å². The van der Waals surface area contributed by atoms with Crippen LogP contribution in [0.4, 0.5) is 0 Å². The van der Waals surface area contributed by atoms with Gasteiger partial charge in [-0.3, -0.25) is 4.79 Å². The minimum Gasteiger partial charge on any atom is -0.472 e. The molecule has 4 nitrogen and oxygen atoms in total. The molecule has 90 valence electrons. The molecule has 0 aromatic carbocycles. The second kappa shape index (κ2) is 6.33. The summed E-state index contributed by atoms with van der Waals surface area (Å²) in [7, 11) is 1.63. The molecule has 4 heteroatoms. The van der Waals surface area contributed by atoms with Gasteiger partial charge in [0.25, 0.3) is 5.91 Å². The van der Waals surface area contributed by atoms with Gasteiger partial charge >= 0.3 is 0 Å². The first kappa shape index (κ1) is 12.8. The van der Waals surface area contributed by atoms with Crippen molar-refractivity contribution >= 4 is 5.91 Å². The summed E-state index contributed by atoms with van der Waals surface area (Å²) < 4.78 is 9.92. The summed E-state index contributed by atoms with van der Waals surface area (Å²) in [6, 6.07) is 1.68. The summed E-state index contributed by atoms with van der Waals surface area (Å²) in [5.74, 6) is 0.437. The predicted molar refractivity (Wildman–Crippen MR) is 61.3 cm³/mol. The summed E-state index contributed by atoms with van der Waals surface area (Å²) in [5.41, 5.74) is 0.594. The molecule has 0 unspecified atom stereocenters. The van der Waals surface area contributed by atoms with Crippen LogP contribution in [0.1, 0.15) is 24.2 Å². The predicted octanol–water partition coefficient (Wildman–Crippen LogP) is 2.02. The zero-order chi connectivity index (χ0) is 12.0. The third kappa shape index (κ3) is 3.70. The van der Waals surface area contributed by atoms with E-state index in [-0.39, 0.29) is 5.91 Å². The Labute approximate surface area is 96.2 Å². The van der Waals surface area contributed by atoms with Crippen LogP contribution in [0, 0.1) is 5.92 Å². The molecule has 0 bridgehead atoms. The lowest BCUT2D eigenvalue weighted by atomic mass is 10.2. The molecule has 1 aromatic rings. The van der Waals surface area contributed by atoms with E-state index < -0.39 is 0 Å². The summed E-state index contributed by atoms with van der Waals surface area (Å²) >= 11 is 0. The SMILES string of the molecule is COCCN(CC(C)C)C(=O)c1ccoc1. The van der Waals surface area contributed by atoms with Gasteiger partial charge in [0, 0.05) is 20.2 Å². The van der Waals surface area contributed by atoms with Crippen molar-refractivity contribution in [2.45, 2.75) is 13.8 Å². The van der Waals surface area contributed by atoms with Gasteiger partial charge in [-0.1, -0.05) is 13.8 Å². The number of carbonyl (C=O) groups excluding carboxylic acids is 1. The molecule has 1 heterocycles. The van der Waals surface area contributed by atoms with Crippen LogP contribution in [-0.2, 0) is 4.74 Å². The van der Waals surface area contributed by atoms with Crippen molar-refractivity contribution in [3.05, 3.63) is 24.2 Å². The van der Waals surface area contributed by atoms with E-state index in [1.807, 2.05) is 0 Å². The van der Waals surface area contributed by atoms with Gasteiger partial charge in [0.15, 0.2) is 0 Å². The van der Waals surface area contributed by atoms with Crippen LogP contribution in [-0.4, -0.2) is 37.6 Å². The van der Waals surface area contributed by atoms with E-state index in [1.165, 1.54) is 12.5 Å². The molecule has 0 fully saturated rings. The van der Waals surface area contributed by atoms with Gasteiger partial charge in [-0.15, -0.1) is 0 Å². The average molecular weight is 225 g/mol. The Morgan fingerprint density at radius 2 is 2.31 bits per heavy atom. The van der Waals surface area contributed by atoms with Gasteiger partial charge in [-0.05, 0) is 12.0 Å². The second-order valence-corrected chi connectivity index (χ2v) is 4.15. The largest absolute Gasteiger partial charge is 0.472 e. The van der Waals surface area contributed by atoms with E-state index in [9.17, 15) is 4.79 Å². The Bertz CT molecular complexity index is 306. The summed E-state index contributed by atoms with van der Waals surface area (Å²) in [6.45, 7) is 6.06. The number of ether oxygens (including phenoxy) is 1. The maximum Gasteiger partial charge on any atom is 0.257 e. The Morgan fingerprint density at radius 1 is 1.56 bits per heavy atom. The van der Waals surface area contributed by atoms with Crippen LogP contribution >= 0.6 is 0 Å². The first-order valence-electron chi connectivity index (χ1n) is 5.45. The normalized spacial score (nSPS) is 10.8. The molecule has 0 radical (unpaired) electrons. The van der Waals surface area contributed by atoms with Gasteiger partial charge in [0.1, 0.15) is 6.26 Å². The molecule has 0 saturated heterocycles. The van der Waals surface area contributed by atoms with Crippen LogP contribution in [0.3, 0.4) is 0 Å². The maximum absolute atomic E-state index is 12.1. The first-order valence-corrected chi connectivity index (χ1v) is 5.45. The van der Waals surface area contributed by atoms with Crippen molar-refractivity contribution in [1.29, 1.82) is 0 Å². The van der Waals surface area contributed by atoms with E-state index in [4.69, 9.17) is 9.15 Å². The van der Waals surface area contributed by atoms with E-state index in [0.29, 0.717) is 24.6 Å². The number of nitrogens with zero attached hydrogens (tertiary/aromatic N) is 1. The van der Waals surface area contributed by atoms with Crippen LogP contribution in [0.25, 0.3) is 0 Å². The van der Waals surface area contributed by atoms with Gasteiger partial charge in [-0.25, -0.2) is 0 Å². The summed E-state index contributed by atoms with van der Waals surface area (Å²) in [4.78, 5) is 13.8. The minimum absolute atomic E-state index is 0.000463. The lowest BCUT2D eigenvalue weighted by molar-refractivity contribution is 0.0671. The number of methoxy groups -OCH3 is 1. The fourth-order valence-corrected chi connectivity index (χ4v) is 1.49. The second-order valence-electron chi connectivity index (χ2n) is 4.15. The van der Waals surface area contributed by atoms with E-state index in [0.717, 1.165) is 6.54 Å². The molecule has 0 N–H and O–H groups in total. The lowest BCUT2D eigenvalue weighted by Gasteiger charge is -2.23. The topological polar surface area (TPSA) is 42.7 Å². The van der Waals surface area contributed by atoms with E-state index in [1.54, 1.807) is 18.1 Å². The highest BCUT2D eigenvalue weighted by atomic mass is 16.5. The molecular weight excluding hydrogens is 206 g/mol. The molecule has 0 aliphatic heterocycles. The van der Waals surface area contributed by atoms with Crippen molar-refractivity contribution in [2.24, 2.45) is 5.92 Å². The van der Waals surface area contributed by atoms with Gasteiger partial charge in [0.2, 0.25) is 0 Å². The molecule has 0 aliphatic carbocycles. The standard InChI is InChI=1S/C12H19NO3/c1-10(2)8-13(5-7-15-3)12(14)11-4-6-16-9-11/h4,6,9-10H,5,7-8H2,1-3H3. The first-order chi connectivity index (χ1) is 7.65. The average Bonchev–Trinajstić information content (AvgIpc) is 2.76. The Balaban J connectivity index is 2.64. The molecule has 0 spiro atoms. The minimum atomic E-state index is -0.000463. The van der Waals surface area contributed by atoms with Crippen molar-refractivity contribution < 1.29 is 13.9 Å². The third-order valence-electron chi connectivity index (χ3n) is 2.21.